The summed E-state index contributed by atoms with van der Waals surface area (Å²) in [5.41, 5.74) is 2.60. The number of hydrogen-bond acceptors (Lipinski definition) is 4. The van der Waals surface area contributed by atoms with Crippen LogP contribution in [0.3, 0.4) is 0 Å². The van der Waals surface area contributed by atoms with Gasteiger partial charge in [0, 0.05) is 46.4 Å². The summed E-state index contributed by atoms with van der Waals surface area (Å²) in [6.45, 7) is 2.85. The molecule has 2 atom stereocenters. The average molecular weight is 697 g/mol. The van der Waals surface area contributed by atoms with Crippen molar-refractivity contribution in [1.82, 2.24) is 10.6 Å². The summed E-state index contributed by atoms with van der Waals surface area (Å²) in [5.74, 6) is 0. The Balaban J connectivity index is 1.11. The molecule has 0 bridgehead atoms. The highest BCUT2D eigenvalue weighted by atomic mass is 31.1. The molecule has 0 saturated heterocycles. The zero-order valence-corrected chi connectivity index (χ0v) is 30.2. The molecule has 4 nitrogen and oxygen atoms in total. The first-order valence-corrected chi connectivity index (χ1v) is 19.9. The van der Waals surface area contributed by atoms with Crippen molar-refractivity contribution in [2.75, 3.05) is 26.3 Å². The van der Waals surface area contributed by atoms with Gasteiger partial charge in [0.1, 0.15) is 0 Å². The highest BCUT2D eigenvalue weighted by Crippen LogP contribution is 2.36. The third kappa shape index (κ3) is 11.3. The van der Waals surface area contributed by atoms with E-state index >= 15 is 0 Å². The lowest BCUT2D eigenvalue weighted by Crippen LogP contribution is -2.43. The molecule has 0 aromatic heterocycles. The minimum atomic E-state index is -0.936. The summed E-state index contributed by atoms with van der Waals surface area (Å²) < 4.78 is 13.6. The van der Waals surface area contributed by atoms with Crippen LogP contribution in [0.15, 0.2) is 182 Å². The Kier molecular flexibility index (Phi) is 14.3. The molecule has 0 aliphatic rings. The molecule has 0 unspecified atom stereocenters. The van der Waals surface area contributed by atoms with Gasteiger partial charge in [0.15, 0.2) is 0 Å². The summed E-state index contributed by atoms with van der Waals surface area (Å²) in [6, 6.07) is 64.2. The highest BCUT2D eigenvalue weighted by molar-refractivity contribution is 7.68. The Bertz CT molecular complexity index is 1550. The first-order chi connectivity index (χ1) is 24.8. The van der Waals surface area contributed by atoms with Gasteiger partial charge < -0.3 is 19.7 Å². The van der Waals surface area contributed by atoms with Gasteiger partial charge in [-0.15, -0.1) is 0 Å². The smallest absolute Gasteiger partial charge is 0.0918 e. The molecule has 2 N–H and O–H groups in total. The van der Waals surface area contributed by atoms with E-state index < -0.39 is 16.3 Å². The molecule has 6 heteroatoms. The molecule has 6 aromatic carbocycles. The van der Waals surface area contributed by atoms with Crippen LogP contribution >= 0.6 is 16.3 Å². The first-order valence-electron chi connectivity index (χ1n) is 17.4. The average Bonchev–Trinajstić information content (AvgIpc) is 3.19. The van der Waals surface area contributed by atoms with E-state index in [0.29, 0.717) is 13.2 Å². The van der Waals surface area contributed by atoms with E-state index in [1.807, 2.05) is 0 Å². The Morgan fingerprint density at radius 3 is 0.900 bits per heavy atom. The Morgan fingerprint density at radius 2 is 0.620 bits per heavy atom. The topological polar surface area (TPSA) is 42.5 Å². The molecule has 6 aromatic rings. The van der Waals surface area contributed by atoms with E-state index in [-0.39, 0.29) is 12.1 Å². The first kappa shape index (κ1) is 35.8. The number of rotatable bonds is 19. The van der Waals surface area contributed by atoms with Crippen LogP contribution in [0.5, 0.6) is 0 Å². The van der Waals surface area contributed by atoms with Crippen molar-refractivity contribution < 1.29 is 9.05 Å². The van der Waals surface area contributed by atoms with Crippen LogP contribution < -0.4 is 31.9 Å². The molecule has 0 heterocycles. The third-order valence-electron chi connectivity index (χ3n) is 8.41. The van der Waals surface area contributed by atoms with E-state index in [1.54, 1.807) is 0 Å². The molecule has 254 valence electrons. The van der Waals surface area contributed by atoms with E-state index in [1.165, 1.54) is 32.3 Å². The van der Waals surface area contributed by atoms with Gasteiger partial charge in [-0.2, -0.15) is 0 Å². The third-order valence-corrected chi connectivity index (χ3v) is 12.3. The Morgan fingerprint density at radius 1 is 0.360 bits per heavy atom. The van der Waals surface area contributed by atoms with Crippen molar-refractivity contribution in [2.45, 2.75) is 24.9 Å². The fourth-order valence-electron chi connectivity index (χ4n) is 5.91. The van der Waals surface area contributed by atoms with Gasteiger partial charge >= 0.3 is 0 Å². The minimum absolute atomic E-state index is 0.157. The van der Waals surface area contributed by atoms with Crippen LogP contribution in [0, 0.1) is 0 Å². The Hall–Kier alpha value is -3.98. The summed E-state index contributed by atoms with van der Waals surface area (Å²) >= 11 is 0. The second-order valence-electron chi connectivity index (χ2n) is 12.2. The van der Waals surface area contributed by atoms with Crippen molar-refractivity contribution in [3.8, 4) is 0 Å². The normalized spacial score (nSPS) is 12.6. The summed E-state index contributed by atoms with van der Waals surface area (Å²) in [6.07, 6.45) is 1.78. The molecule has 0 spiro atoms. The quantitative estimate of drug-likeness (QED) is 0.0680. The van der Waals surface area contributed by atoms with Gasteiger partial charge in [-0.25, -0.2) is 0 Å². The second kappa shape index (κ2) is 20.0. The molecular formula is C44H46N2O2P2. The lowest BCUT2D eigenvalue weighted by Gasteiger charge is -2.26. The lowest BCUT2D eigenvalue weighted by molar-refractivity contribution is 0.278. The maximum atomic E-state index is 6.82. The van der Waals surface area contributed by atoms with Crippen molar-refractivity contribution in [3.63, 3.8) is 0 Å². The SMILES string of the molecule is c1ccc(C[C@@H](COP(c2ccccc2)c2ccccc2)NCCN[C@H](COP(c2ccccc2)c2ccccc2)Cc2ccccc2)cc1. The van der Waals surface area contributed by atoms with E-state index in [9.17, 15) is 0 Å². The van der Waals surface area contributed by atoms with E-state index in [2.05, 4.69) is 193 Å². The molecule has 0 aliphatic carbocycles. The molecular weight excluding hydrogens is 650 g/mol. The van der Waals surface area contributed by atoms with Crippen molar-refractivity contribution in [2.24, 2.45) is 0 Å². The lowest BCUT2D eigenvalue weighted by atomic mass is 10.1. The molecule has 50 heavy (non-hydrogen) atoms. The van der Waals surface area contributed by atoms with Crippen LogP contribution in [0.1, 0.15) is 11.1 Å². The molecule has 0 amide bonds. The standard InChI is InChI=1S/C44H46N2O2P2/c1-7-19-37(20-8-1)33-39(35-47-49(41-23-11-3-12-24-41)42-25-13-4-14-26-42)45-31-32-46-40(34-38-21-9-2-10-22-38)36-48-50(43-27-15-5-16-28-43)44-29-17-6-18-30-44/h1-30,39-40,45-46H,31-36H2/t39-,40-/m0/s1. The number of benzene rings is 6. The van der Waals surface area contributed by atoms with Crippen molar-refractivity contribution >= 4 is 37.5 Å². The van der Waals surface area contributed by atoms with Crippen molar-refractivity contribution in [1.29, 1.82) is 0 Å². The molecule has 0 radical (unpaired) electrons. The van der Waals surface area contributed by atoms with E-state index in [0.717, 1.165) is 25.9 Å². The molecule has 0 saturated carbocycles. The maximum Gasteiger partial charge on any atom is 0.0918 e. The van der Waals surface area contributed by atoms with E-state index in [4.69, 9.17) is 9.05 Å². The fourth-order valence-corrected chi connectivity index (χ4v) is 9.53. The van der Waals surface area contributed by atoms with Crippen LogP contribution in [0.4, 0.5) is 0 Å². The second-order valence-corrected chi connectivity index (χ2v) is 16.0. The predicted octanol–water partition coefficient (Wildman–Crippen LogP) is 7.52. The van der Waals surface area contributed by atoms with Crippen LogP contribution in [-0.2, 0) is 21.9 Å². The van der Waals surface area contributed by atoms with Gasteiger partial charge in [0.25, 0.3) is 0 Å². The highest BCUT2D eigenvalue weighted by Gasteiger charge is 2.20. The van der Waals surface area contributed by atoms with Crippen LogP contribution in [-0.4, -0.2) is 38.4 Å². The summed E-state index contributed by atoms with van der Waals surface area (Å²) in [5, 5.41) is 12.6. The molecule has 6 rings (SSSR count). The van der Waals surface area contributed by atoms with Gasteiger partial charge in [0.2, 0.25) is 0 Å². The van der Waals surface area contributed by atoms with Crippen molar-refractivity contribution in [3.05, 3.63) is 193 Å². The molecule has 0 fully saturated rings. The van der Waals surface area contributed by atoms with Crippen LogP contribution in [0.2, 0.25) is 0 Å². The fraction of sp³-hybridized carbons (Fsp3) is 0.182. The van der Waals surface area contributed by atoms with Gasteiger partial charge in [-0.05, 0) is 24.0 Å². The minimum Gasteiger partial charge on any atom is -0.348 e. The zero-order valence-electron chi connectivity index (χ0n) is 28.4. The van der Waals surface area contributed by atoms with Gasteiger partial charge in [-0.3, -0.25) is 0 Å². The predicted molar refractivity (Wildman–Crippen MR) is 214 cm³/mol. The zero-order chi connectivity index (χ0) is 34.1. The number of nitrogens with one attached hydrogen (secondary N) is 2. The maximum absolute atomic E-state index is 6.82. The monoisotopic (exact) mass is 696 g/mol. The largest absolute Gasteiger partial charge is 0.348 e. The Labute approximate surface area is 300 Å². The van der Waals surface area contributed by atoms with Crippen LogP contribution in [0.25, 0.3) is 0 Å². The van der Waals surface area contributed by atoms with Gasteiger partial charge in [0.05, 0.1) is 29.5 Å². The number of hydrogen-bond donors (Lipinski definition) is 2. The van der Waals surface area contributed by atoms with Gasteiger partial charge in [-0.1, -0.05) is 182 Å². The summed E-state index contributed by atoms with van der Waals surface area (Å²) in [4.78, 5) is 0. The summed E-state index contributed by atoms with van der Waals surface area (Å²) in [7, 11) is -1.87. The molecule has 0 aliphatic heterocycles.